The van der Waals surface area contributed by atoms with Gasteiger partial charge in [-0.3, -0.25) is 0 Å². The van der Waals surface area contributed by atoms with E-state index in [0.29, 0.717) is 29.6 Å². The number of halogens is 1. The Morgan fingerprint density at radius 2 is 1.96 bits per heavy atom. The first kappa shape index (κ1) is 23.1. The Labute approximate surface area is 167 Å². The second-order valence-electron chi connectivity index (χ2n) is 6.49. The van der Waals surface area contributed by atoms with E-state index in [2.05, 4.69) is 23.3 Å². The molecule has 0 aliphatic rings. The lowest BCUT2D eigenvalue weighted by atomic mass is 10.1. The monoisotopic (exact) mass is 387 g/mol. The van der Waals surface area contributed by atoms with E-state index in [-0.39, 0.29) is 5.82 Å². The van der Waals surface area contributed by atoms with Crippen molar-refractivity contribution >= 4 is 5.57 Å². The summed E-state index contributed by atoms with van der Waals surface area (Å²) in [5, 5.41) is 3.70. The van der Waals surface area contributed by atoms with Gasteiger partial charge in [0.15, 0.2) is 11.6 Å². The smallest absolute Gasteiger partial charge is 0.223 e. The Morgan fingerprint density at radius 3 is 2.46 bits per heavy atom. The summed E-state index contributed by atoms with van der Waals surface area (Å²) in [6, 6.07) is 3.61. The summed E-state index contributed by atoms with van der Waals surface area (Å²) < 4.78 is 24.0. The van der Waals surface area contributed by atoms with Crippen molar-refractivity contribution in [1.29, 1.82) is 0 Å². The highest BCUT2D eigenvalue weighted by Gasteiger charge is 2.09. The zero-order chi connectivity index (χ0) is 21.3. The number of ether oxygens (including phenoxy) is 1. The Bertz CT molecular complexity index is 838. The molecule has 2 aromatic rings. The molecule has 0 aliphatic carbocycles. The minimum Gasteiger partial charge on any atom is -0.484 e. The summed E-state index contributed by atoms with van der Waals surface area (Å²) in [5.41, 5.74) is 3.28. The van der Waals surface area contributed by atoms with E-state index >= 15 is 0 Å². The van der Waals surface area contributed by atoms with Crippen molar-refractivity contribution in [3.05, 3.63) is 71.8 Å². The molecule has 0 saturated heterocycles. The predicted molar refractivity (Wildman–Crippen MR) is 112 cm³/mol. The van der Waals surface area contributed by atoms with Crippen LogP contribution in [-0.4, -0.2) is 35.7 Å². The third kappa shape index (κ3) is 7.02. The van der Waals surface area contributed by atoms with Gasteiger partial charge in [0.05, 0.1) is 0 Å². The standard InChI is InChI=1S/C14H20FNO.C8H10N2O/c1-6-12-7-10(2)14(15)13(8-12)17-9-11(3)16(4)5;1-4-5-6(2)8-9-7(3)11-10-8/h7-8H,3,6,9H2,1-2,4-5H3;4-5H,2H2,1,3H3/b;5-4-. The maximum absolute atomic E-state index is 13.8. The molecule has 5 nitrogen and oxygen atoms in total. The van der Waals surface area contributed by atoms with Gasteiger partial charge in [-0.2, -0.15) is 4.98 Å². The van der Waals surface area contributed by atoms with Crippen molar-refractivity contribution in [2.75, 3.05) is 20.7 Å². The number of nitrogens with zero attached hydrogens (tertiary/aromatic N) is 3. The van der Waals surface area contributed by atoms with E-state index in [9.17, 15) is 4.39 Å². The number of likely N-dealkylation sites (N-methyl/N-ethyl adjacent to an activating group) is 1. The van der Waals surface area contributed by atoms with Crippen molar-refractivity contribution in [1.82, 2.24) is 15.0 Å². The molecule has 0 radical (unpaired) electrons. The van der Waals surface area contributed by atoms with Crippen LogP contribution in [-0.2, 0) is 6.42 Å². The molecule has 2 rings (SSSR count). The van der Waals surface area contributed by atoms with Gasteiger partial charge in [-0.25, -0.2) is 4.39 Å². The number of aryl methyl sites for hydroxylation is 3. The van der Waals surface area contributed by atoms with Gasteiger partial charge in [0.1, 0.15) is 6.61 Å². The molecule has 28 heavy (non-hydrogen) atoms. The van der Waals surface area contributed by atoms with Gasteiger partial charge in [0.25, 0.3) is 0 Å². The van der Waals surface area contributed by atoms with E-state index < -0.39 is 0 Å². The number of rotatable bonds is 7. The van der Waals surface area contributed by atoms with E-state index in [1.54, 1.807) is 19.9 Å². The summed E-state index contributed by atoms with van der Waals surface area (Å²) in [6.45, 7) is 15.4. The Kier molecular flexibility index (Phi) is 9.15. The predicted octanol–water partition coefficient (Wildman–Crippen LogP) is 5.12. The van der Waals surface area contributed by atoms with E-state index in [4.69, 9.17) is 9.26 Å². The maximum atomic E-state index is 13.8. The summed E-state index contributed by atoms with van der Waals surface area (Å²) >= 11 is 0. The highest BCUT2D eigenvalue weighted by Crippen LogP contribution is 2.23. The lowest BCUT2D eigenvalue weighted by molar-refractivity contribution is 0.296. The van der Waals surface area contributed by atoms with Crippen molar-refractivity contribution in [2.24, 2.45) is 0 Å². The first-order chi connectivity index (χ1) is 13.2. The van der Waals surface area contributed by atoms with Gasteiger partial charge in [0.2, 0.25) is 11.7 Å². The molecular weight excluding hydrogens is 357 g/mol. The van der Waals surface area contributed by atoms with Gasteiger partial charge in [-0.15, -0.1) is 0 Å². The number of allylic oxidation sites excluding steroid dienone is 3. The fourth-order valence-corrected chi connectivity index (χ4v) is 2.11. The van der Waals surface area contributed by atoms with Gasteiger partial charge < -0.3 is 14.2 Å². The molecule has 1 heterocycles. The van der Waals surface area contributed by atoms with Crippen LogP contribution in [0.2, 0.25) is 0 Å². The van der Waals surface area contributed by atoms with Crippen LogP contribution in [0.3, 0.4) is 0 Å². The molecule has 0 N–H and O–H groups in total. The summed E-state index contributed by atoms with van der Waals surface area (Å²) in [7, 11) is 3.77. The number of benzene rings is 1. The van der Waals surface area contributed by atoms with Crippen LogP contribution >= 0.6 is 0 Å². The fourth-order valence-electron chi connectivity index (χ4n) is 2.11. The van der Waals surface area contributed by atoms with Crippen LogP contribution in [0.15, 0.2) is 47.7 Å². The Hall–Kier alpha value is -2.89. The molecule has 0 saturated carbocycles. The van der Waals surface area contributed by atoms with Gasteiger partial charge >= 0.3 is 0 Å². The largest absolute Gasteiger partial charge is 0.484 e. The quantitative estimate of drug-likeness (QED) is 0.617. The van der Waals surface area contributed by atoms with Crippen LogP contribution in [0.1, 0.15) is 36.7 Å². The molecule has 0 unspecified atom stereocenters. The third-order valence-corrected chi connectivity index (χ3v) is 3.90. The maximum Gasteiger partial charge on any atom is 0.223 e. The SMILES string of the molecule is C=C(/C=C\C)c1noc(C)n1.C=C(COc1cc(CC)cc(C)c1F)N(C)C. The van der Waals surface area contributed by atoms with E-state index in [0.717, 1.165) is 23.3 Å². The average Bonchev–Trinajstić information content (AvgIpc) is 3.09. The van der Waals surface area contributed by atoms with Gasteiger partial charge in [-0.1, -0.05) is 43.5 Å². The van der Waals surface area contributed by atoms with E-state index in [1.807, 2.05) is 51.1 Å². The van der Waals surface area contributed by atoms with Crippen molar-refractivity contribution in [3.8, 4) is 5.75 Å². The fraction of sp³-hybridized carbons (Fsp3) is 0.364. The third-order valence-electron chi connectivity index (χ3n) is 3.90. The molecular formula is C22H30FN3O2. The number of aromatic nitrogens is 2. The topological polar surface area (TPSA) is 51.4 Å². The molecule has 0 spiro atoms. The molecule has 0 amide bonds. The molecule has 0 aliphatic heterocycles. The van der Waals surface area contributed by atoms with Crippen LogP contribution in [0.4, 0.5) is 4.39 Å². The molecule has 6 heteroatoms. The van der Waals surface area contributed by atoms with Crippen LogP contribution in [0, 0.1) is 19.7 Å². The van der Waals surface area contributed by atoms with Gasteiger partial charge in [0, 0.05) is 32.3 Å². The molecule has 0 bridgehead atoms. The minimum atomic E-state index is -0.284. The second kappa shape index (κ2) is 11.1. The highest BCUT2D eigenvalue weighted by molar-refractivity contribution is 5.66. The van der Waals surface area contributed by atoms with Gasteiger partial charge in [-0.05, 0) is 37.5 Å². The minimum absolute atomic E-state index is 0.284. The number of hydrogen-bond acceptors (Lipinski definition) is 5. The van der Waals surface area contributed by atoms with Crippen molar-refractivity contribution in [3.63, 3.8) is 0 Å². The first-order valence-corrected chi connectivity index (χ1v) is 9.08. The lowest BCUT2D eigenvalue weighted by Crippen LogP contribution is -2.16. The van der Waals surface area contributed by atoms with E-state index in [1.165, 1.54) is 0 Å². The highest BCUT2D eigenvalue weighted by atomic mass is 19.1. The van der Waals surface area contributed by atoms with Crippen molar-refractivity contribution < 1.29 is 13.7 Å². The van der Waals surface area contributed by atoms with Crippen LogP contribution in [0.25, 0.3) is 5.57 Å². The molecule has 0 atom stereocenters. The summed E-state index contributed by atoms with van der Waals surface area (Å²) in [6.07, 6.45) is 4.59. The second-order valence-corrected chi connectivity index (χ2v) is 6.49. The number of hydrogen-bond donors (Lipinski definition) is 0. The van der Waals surface area contributed by atoms with Crippen LogP contribution < -0.4 is 4.74 Å². The molecule has 152 valence electrons. The Balaban J connectivity index is 0.000000307. The zero-order valence-corrected chi connectivity index (χ0v) is 17.7. The first-order valence-electron chi connectivity index (χ1n) is 9.08. The average molecular weight is 387 g/mol. The summed E-state index contributed by atoms with van der Waals surface area (Å²) in [4.78, 5) is 5.86. The molecule has 1 aromatic heterocycles. The summed E-state index contributed by atoms with van der Waals surface area (Å²) in [5.74, 6) is 1.14. The normalized spacial score (nSPS) is 10.4. The molecule has 0 fully saturated rings. The lowest BCUT2D eigenvalue weighted by Gasteiger charge is -2.17. The zero-order valence-electron chi connectivity index (χ0n) is 17.7. The van der Waals surface area contributed by atoms with Crippen LogP contribution in [0.5, 0.6) is 5.75 Å². The van der Waals surface area contributed by atoms with Crippen molar-refractivity contribution in [2.45, 2.75) is 34.1 Å². The Morgan fingerprint density at radius 1 is 1.29 bits per heavy atom. The molecule has 1 aromatic carbocycles.